The van der Waals surface area contributed by atoms with Crippen LogP contribution in [0.3, 0.4) is 0 Å². The first-order chi connectivity index (χ1) is 27.8. The van der Waals surface area contributed by atoms with E-state index < -0.39 is 0 Å². The van der Waals surface area contributed by atoms with Crippen molar-refractivity contribution in [3.63, 3.8) is 0 Å². The van der Waals surface area contributed by atoms with E-state index in [-0.39, 0.29) is 0 Å². The molecule has 0 atom stereocenters. The van der Waals surface area contributed by atoms with Crippen LogP contribution in [-0.2, 0) is 0 Å². The first-order valence-electron chi connectivity index (χ1n) is 18.7. The minimum Gasteiger partial charge on any atom is -0.435 e. The molecule has 0 saturated carbocycles. The Morgan fingerprint density at radius 2 is 0.661 bits per heavy atom. The number of nitrogens with zero attached hydrogens (tertiary/aromatic N) is 4. The fourth-order valence-electron chi connectivity index (χ4n) is 8.48. The van der Waals surface area contributed by atoms with Crippen LogP contribution in [0.2, 0.25) is 0 Å². The third-order valence-electron chi connectivity index (χ3n) is 11.0. The van der Waals surface area contributed by atoms with Crippen LogP contribution in [-0.4, -0.2) is 19.1 Å². The van der Waals surface area contributed by atoms with E-state index in [2.05, 4.69) is 167 Å². The predicted octanol–water partition coefficient (Wildman–Crippen LogP) is 13.2. The zero-order valence-electron chi connectivity index (χ0n) is 29.9. The molecule has 4 heterocycles. The van der Waals surface area contributed by atoms with Crippen LogP contribution in [0.25, 0.3) is 111 Å². The maximum Gasteiger partial charge on any atom is 0.227 e. The smallest absolute Gasteiger partial charge is 0.227 e. The Morgan fingerprint density at radius 1 is 0.321 bits per heavy atom. The van der Waals surface area contributed by atoms with Gasteiger partial charge in [0, 0.05) is 55.2 Å². The topological polar surface area (TPSA) is 61.9 Å². The molecule has 0 aliphatic carbocycles. The summed E-state index contributed by atoms with van der Waals surface area (Å²) in [7, 11) is 0. The summed E-state index contributed by atoms with van der Waals surface area (Å²) < 4.78 is 17.8. The molecule has 0 aliphatic heterocycles. The van der Waals surface area contributed by atoms with Gasteiger partial charge in [-0.2, -0.15) is 0 Å². The van der Waals surface area contributed by atoms with Gasteiger partial charge in [-0.3, -0.25) is 0 Å². The van der Waals surface area contributed by atoms with Crippen LogP contribution in [0.1, 0.15) is 0 Å². The molecule has 0 bridgehead atoms. The summed E-state index contributed by atoms with van der Waals surface area (Å²) in [5.41, 5.74) is 13.4. The number of hydrogen-bond acceptors (Lipinski definition) is 4. The van der Waals surface area contributed by atoms with Gasteiger partial charge in [-0.1, -0.05) is 97.1 Å². The van der Waals surface area contributed by atoms with Gasteiger partial charge in [0.15, 0.2) is 11.2 Å². The second-order valence-electron chi connectivity index (χ2n) is 14.2. The summed E-state index contributed by atoms with van der Waals surface area (Å²) in [5.74, 6) is 1.13. The summed E-state index contributed by atoms with van der Waals surface area (Å²) in [4.78, 5) is 9.88. The van der Waals surface area contributed by atoms with Crippen molar-refractivity contribution in [3.05, 3.63) is 182 Å². The molecular weight excluding hydrogens is 689 g/mol. The Morgan fingerprint density at radius 3 is 1.02 bits per heavy atom. The Hall–Kier alpha value is -7.70. The Bertz CT molecular complexity index is 3130. The summed E-state index contributed by atoms with van der Waals surface area (Å²) in [5, 5.41) is 4.95. The molecule has 12 rings (SSSR count). The fourth-order valence-corrected chi connectivity index (χ4v) is 8.48. The molecule has 56 heavy (non-hydrogen) atoms. The van der Waals surface area contributed by atoms with Crippen molar-refractivity contribution < 1.29 is 8.83 Å². The van der Waals surface area contributed by atoms with Crippen LogP contribution in [0, 0.1) is 0 Å². The predicted molar refractivity (Wildman–Crippen MR) is 227 cm³/mol. The van der Waals surface area contributed by atoms with Crippen LogP contribution in [0.5, 0.6) is 0 Å². The van der Waals surface area contributed by atoms with Gasteiger partial charge in [0.05, 0.1) is 22.1 Å². The van der Waals surface area contributed by atoms with E-state index in [1.165, 1.54) is 43.6 Å². The number of para-hydroxylation sites is 6. The third-order valence-corrected chi connectivity index (χ3v) is 11.0. The van der Waals surface area contributed by atoms with E-state index in [0.717, 1.165) is 44.7 Å². The molecule has 6 nitrogen and oxygen atoms in total. The lowest BCUT2D eigenvalue weighted by atomic mass is 10.0. The lowest BCUT2D eigenvalue weighted by Crippen LogP contribution is -1.93. The van der Waals surface area contributed by atoms with Crippen LogP contribution >= 0.6 is 0 Å². The van der Waals surface area contributed by atoms with E-state index in [0.29, 0.717) is 22.9 Å². The van der Waals surface area contributed by atoms with Crippen molar-refractivity contribution in [2.75, 3.05) is 0 Å². The molecule has 0 radical (unpaired) electrons. The third kappa shape index (κ3) is 4.56. The fraction of sp³-hybridized carbons (Fsp3) is 0. The lowest BCUT2D eigenvalue weighted by molar-refractivity contribution is 0.616. The average Bonchev–Trinajstić information content (AvgIpc) is 4.05. The Labute approximate surface area is 320 Å². The number of oxazole rings is 2. The molecule has 4 aromatic heterocycles. The molecule has 262 valence electrons. The first kappa shape index (κ1) is 30.7. The van der Waals surface area contributed by atoms with Gasteiger partial charge < -0.3 is 18.0 Å². The van der Waals surface area contributed by atoms with Gasteiger partial charge in [-0.15, -0.1) is 0 Å². The average molecular weight is 719 g/mol. The van der Waals surface area contributed by atoms with Crippen LogP contribution < -0.4 is 0 Å². The first-order valence-corrected chi connectivity index (χ1v) is 18.7. The van der Waals surface area contributed by atoms with E-state index >= 15 is 0 Å². The van der Waals surface area contributed by atoms with Gasteiger partial charge >= 0.3 is 0 Å². The molecule has 12 aromatic rings. The molecule has 0 saturated heterocycles. The summed E-state index contributed by atoms with van der Waals surface area (Å²) >= 11 is 0. The van der Waals surface area contributed by atoms with Gasteiger partial charge in [0.2, 0.25) is 11.8 Å². The monoisotopic (exact) mass is 718 g/mol. The standard InChI is InChI=1S/C50H30N4O2/c1-5-19-43-35(11-1)36-12-2-6-20-44(36)53(43)33-27-23-31(24-28-33)49-51-41-17-9-15-39(47(41)55-49)40-16-10-18-42-48(40)56-50(52-42)32-25-29-34(30-26-32)54-45-21-7-3-13-37(45)38-14-4-8-22-46(38)54/h1-30H. The molecular formula is C50H30N4O2. The highest BCUT2D eigenvalue weighted by Gasteiger charge is 2.19. The molecule has 0 N–H and O–H groups in total. The van der Waals surface area contributed by atoms with E-state index in [4.69, 9.17) is 18.8 Å². The largest absolute Gasteiger partial charge is 0.435 e. The molecule has 0 amide bonds. The quantitative estimate of drug-likeness (QED) is 0.178. The van der Waals surface area contributed by atoms with E-state index in [1.807, 2.05) is 24.3 Å². The molecule has 0 unspecified atom stereocenters. The summed E-state index contributed by atoms with van der Waals surface area (Å²) in [6, 6.07) is 63.2. The number of benzene rings is 8. The van der Waals surface area contributed by atoms with Crippen LogP contribution in [0.4, 0.5) is 0 Å². The van der Waals surface area contributed by atoms with Crippen LogP contribution in [0.15, 0.2) is 191 Å². The molecule has 6 heteroatoms. The molecule has 8 aromatic carbocycles. The Kier molecular flexibility index (Phi) is 6.53. The Balaban J connectivity index is 0.900. The second-order valence-corrected chi connectivity index (χ2v) is 14.2. The highest BCUT2D eigenvalue weighted by molar-refractivity contribution is 6.10. The van der Waals surface area contributed by atoms with Gasteiger partial charge in [-0.25, -0.2) is 9.97 Å². The molecule has 0 fully saturated rings. The van der Waals surface area contributed by atoms with Crippen molar-refractivity contribution in [2.45, 2.75) is 0 Å². The summed E-state index contributed by atoms with van der Waals surface area (Å²) in [6.45, 7) is 0. The maximum atomic E-state index is 6.58. The minimum atomic E-state index is 0.565. The maximum absolute atomic E-state index is 6.58. The van der Waals surface area contributed by atoms with Crippen molar-refractivity contribution in [2.24, 2.45) is 0 Å². The SMILES string of the molecule is c1cc(-c2cccc3nc(-c4ccc(-n5c6ccccc6c6ccccc65)cc4)oc23)c2oc(-c3ccc(-n4c5ccccc5c5ccccc54)cc3)nc2c1. The molecule has 0 aliphatic rings. The van der Waals surface area contributed by atoms with Gasteiger partial charge in [0.1, 0.15) is 11.0 Å². The van der Waals surface area contributed by atoms with Crippen molar-refractivity contribution in [3.8, 4) is 45.4 Å². The van der Waals surface area contributed by atoms with E-state index in [9.17, 15) is 0 Å². The van der Waals surface area contributed by atoms with Crippen molar-refractivity contribution in [1.82, 2.24) is 19.1 Å². The normalized spacial score (nSPS) is 11.9. The van der Waals surface area contributed by atoms with Crippen molar-refractivity contribution >= 4 is 65.8 Å². The second kappa shape index (κ2) is 11.9. The number of hydrogen-bond donors (Lipinski definition) is 0. The lowest BCUT2D eigenvalue weighted by Gasteiger charge is -2.08. The minimum absolute atomic E-state index is 0.565. The highest BCUT2D eigenvalue weighted by Crippen LogP contribution is 2.39. The number of aromatic nitrogens is 4. The van der Waals surface area contributed by atoms with Crippen molar-refractivity contribution in [1.29, 1.82) is 0 Å². The number of rotatable bonds is 5. The number of fused-ring (bicyclic) bond motifs is 8. The highest BCUT2D eigenvalue weighted by atomic mass is 16.4. The van der Waals surface area contributed by atoms with Gasteiger partial charge in [0.25, 0.3) is 0 Å². The zero-order valence-corrected chi connectivity index (χ0v) is 29.9. The van der Waals surface area contributed by atoms with Gasteiger partial charge in [-0.05, 0) is 84.9 Å². The molecule has 0 spiro atoms. The van der Waals surface area contributed by atoms with E-state index in [1.54, 1.807) is 0 Å². The zero-order chi connectivity index (χ0) is 36.7. The summed E-state index contributed by atoms with van der Waals surface area (Å²) in [6.07, 6.45) is 0.